The molecular weight excluding hydrogens is 362 g/mol. The Hall–Kier alpha value is -3.26. The minimum absolute atomic E-state index is 0.374. The molecule has 8 heteroatoms. The lowest BCUT2D eigenvalue weighted by Crippen LogP contribution is -2.41. The number of hydrogen-bond acceptors (Lipinski definition) is 5. The normalized spacial score (nSPS) is 11.1. The molecule has 3 N–H and O–H groups in total. The third kappa shape index (κ3) is 2.93. The van der Waals surface area contributed by atoms with Gasteiger partial charge in [-0.2, -0.15) is 0 Å². The van der Waals surface area contributed by atoms with E-state index in [-0.39, 0.29) is 11.8 Å². The maximum atomic E-state index is 12.6. The fourth-order valence-corrected chi connectivity index (χ4v) is 4.36. The number of aromatic nitrogens is 3. The zero-order chi connectivity index (χ0) is 19.1. The van der Waals surface area contributed by atoms with Gasteiger partial charge in [-0.25, -0.2) is 9.97 Å². The van der Waals surface area contributed by atoms with Crippen LogP contribution in [0.5, 0.6) is 0 Å². The summed E-state index contributed by atoms with van der Waals surface area (Å²) in [5.41, 5.74) is 7.96. The van der Waals surface area contributed by atoms with Crippen molar-refractivity contribution < 1.29 is 9.59 Å². The van der Waals surface area contributed by atoms with Crippen LogP contribution < -0.4 is 10.9 Å². The number of thiophene rings is 1. The van der Waals surface area contributed by atoms with Gasteiger partial charge in [-0.15, -0.1) is 11.3 Å². The third-order valence-corrected chi connectivity index (χ3v) is 5.60. The van der Waals surface area contributed by atoms with Crippen LogP contribution in [0.1, 0.15) is 37.1 Å². The zero-order valence-electron chi connectivity index (χ0n) is 15.0. The van der Waals surface area contributed by atoms with Crippen molar-refractivity contribution in [3.05, 3.63) is 58.0 Å². The number of H-pyrrole nitrogens is 1. The number of amides is 2. The maximum Gasteiger partial charge on any atom is 0.280 e. The molecule has 4 rings (SSSR count). The second kappa shape index (κ2) is 6.48. The number of nitrogens with zero attached hydrogens (tertiary/aromatic N) is 2. The van der Waals surface area contributed by atoms with Crippen molar-refractivity contribution in [3.63, 3.8) is 0 Å². The van der Waals surface area contributed by atoms with Gasteiger partial charge in [0.25, 0.3) is 11.8 Å². The predicted molar refractivity (Wildman–Crippen MR) is 105 cm³/mol. The second-order valence-electron chi connectivity index (χ2n) is 6.25. The number of hydrazine groups is 1. The van der Waals surface area contributed by atoms with Gasteiger partial charge in [0.15, 0.2) is 0 Å². The van der Waals surface area contributed by atoms with Crippen LogP contribution in [0.2, 0.25) is 0 Å². The average molecular weight is 379 g/mol. The quantitative estimate of drug-likeness (QED) is 0.466. The number of nitrogens with one attached hydrogen (secondary N) is 3. The minimum Gasteiger partial charge on any atom is -0.360 e. The molecule has 0 spiro atoms. The highest BCUT2D eigenvalue weighted by molar-refractivity contribution is 7.20. The Kier molecular flexibility index (Phi) is 4.12. The van der Waals surface area contributed by atoms with Crippen LogP contribution >= 0.6 is 11.3 Å². The Balaban J connectivity index is 1.56. The number of para-hydroxylation sites is 1. The monoisotopic (exact) mass is 379 g/mol. The number of aryl methyl sites for hydroxylation is 3. The summed E-state index contributed by atoms with van der Waals surface area (Å²) in [5, 5.41) is 1.68. The largest absolute Gasteiger partial charge is 0.360 e. The lowest BCUT2D eigenvalue weighted by atomic mass is 10.1. The lowest BCUT2D eigenvalue weighted by molar-refractivity contribution is 0.0849. The van der Waals surface area contributed by atoms with E-state index in [9.17, 15) is 9.59 Å². The Morgan fingerprint density at radius 3 is 2.59 bits per heavy atom. The first-order valence-electron chi connectivity index (χ1n) is 8.37. The van der Waals surface area contributed by atoms with Crippen LogP contribution in [0.3, 0.4) is 0 Å². The topological polar surface area (TPSA) is 99.8 Å². The van der Waals surface area contributed by atoms with E-state index in [2.05, 4.69) is 25.8 Å². The summed E-state index contributed by atoms with van der Waals surface area (Å²) in [4.78, 5) is 38.1. The molecule has 0 fully saturated rings. The molecule has 0 atom stereocenters. The number of carbonyl (C=O) groups excluding carboxylic acids is 2. The van der Waals surface area contributed by atoms with Gasteiger partial charge in [0.05, 0.1) is 10.4 Å². The highest BCUT2D eigenvalue weighted by Crippen LogP contribution is 2.31. The first kappa shape index (κ1) is 17.2. The van der Waals surface area contributed by atoms with E-state index >= 15 is 0 Å². The summed E-state index contributed by atoms with van der Waals surface area (Å²) in [6.07, 6.45) is 1.62. The van der Waals surface area contributed by atoms with E-state index in [1.165, 1.54) is 11.3 Å². The Bertz CT molecular complexity index is 1210. The van der Waals surface area contributed by atoms with E-state index in [0.717, 1.165) is 32.4 Å². The van der Waals surface area contributed by atoms with Gasteiger partial charge >= 0.3 is 0 Å². The number of carbonyl (C=O) groups is 2. The molecule has 0 saturated heterocycles. The van der Waals surface area contributed by atoms with E-state index in [0.29, 0.717) is 16.3 Å². The molecule has 27 heavy (non-hydrogen) atoms. The first-order chi connectivity index (χ1) is 13.0. The SMILES string of the molecule is Cc1nc(C)c2c(C)c(C(=O)NNC(=O)c3c[nH]c4ccccc34)sc2n1. The molecule has 0 radical (unpaired) electrons. The summed E-state index contributed by atoms with van der Waals surface area (Å²) in [7, 11) is 0. The summed E-state index contributed by atoms with van der Waals surface area (Å²) >= 11 is 1.29. The second-order valence-corrected chi connectivity index (χ2v) is 7.25. The smallest absolute Gasteiger partial charge is 0.280 e. The van der Waals surface area contributed by atoms with Crippen molar-refractivity contribution >= 4 is 44.3 Å². The van der Waals surface area contributed by atoms with Crippen LogP contribution in [0.4, 0.5) is 0 Å². The van der Waals surface area contributed by atoms with Crippen molar-refractivity contribution in [2.45, 2.75) is 20.8 Å². The summed E-state index contributed by atoms with van der Waals surface area (Å²) in [6, 6.07) is 7.48. The Morgan fingerprint density at radius 1 is 1.04 bits per heavy atom. The fraction of sp³-hybridized carbons (Fsp3) is 0.158. The molecule has 2 amide bonds. The number of aromatic amines is 1. The number of hydrogen-bond donors (Lipinski definition) is 3. The molecule has 3 aromatic heterocycles. The highest BCUT2D eigenvalue weighted by Gasteiger charge is 2.20. The van der Waals surface area contributed by atoms with E-state index in [4.69, 9.17) is 0 Å². The molecule has 4 aromatic rings. The van der Waals surface area contributed by atoms with Gasteiger partial charge in [0.2, 0.25) is 0 Å². The molecule has 3 heterocycles. The van der Waals surface area contributed by atoms with Crippen molar-refractivity contribution in [3.8, 4) is 0 Å². The number of fused-ring (bicyclic) bond motifs is 2. The summed E-state index contributed by atoms with van der Waals surface area (Å²) in [5.74, 6) is -0.0898. The van der Waals surface area contributed by atoms with Gasteiger partial charge in [-0.1, -0.05) is 18.2 Å². The number of benzene rings is 1. The Labute approximate surface area is 158 Å². The van der Waals surface area contributed by atoms with Crippen LogP contribution in [0.25, 0.3) is 21.1 Å². The van der Waals surface area contributed by atoms with Crippen LogP contribution in [0, 0.1) is 20.8 Å². The van der Waals surface area contributed by atoms with Gasteiger partial charge in [0.1, 0.15) is 10.7 Å². The van der Waals surface area contributed by atoms with Crippen molar-refractivity contribution in [1.82, 2.24) is 25.8 Å². The van der Waals surface area contributed by atoms with Crippen molar-refractivity contribution in [2.24, 2.45) is 0 Å². The van der Waals surface area contributed by atoms with Gasteiger partial charge < -0.3 is 4.98 Å². The molecule has 0 aliphatic carbocycles. The highest BCUT2D eigenvalue weighted by atomic mass is 32.1. The van der Waals surface area contributed by atoms with E-state index < -0.39 is 0 Å². The van der Waals surface area contributed by atoms with Gasteiger partial charge in [0, 0.05) is 28.2 Å². The van der Waals surface area contributed by atoms with Gasteiger partial charge in [-0.05, 0) is 32.4 Å². The zero-order valence-corrected chi connectivity index (χ0v) is 15.8. The van der Waals surface area contributed by atoms with E-state index in [1.54, 1.807) is 6.20 Å². The van der Waals surface area contributed by atoms with Crippen LogP contribution in [0.15, 0.2) is 30.5 Å². The maximum absolute atomic E-state index is 12.6. The fourth-order valence-electron chi connectivity index (χ4n) is 3.19. The van der Waals surface area contributed by atoms with Crippen LogP contribution in [-0.2, 0) is 0 Å². The summed E-state index contributed by atoms with van der Waals surface area (Å²) < 4.78 is 0. The molecule has 0 unspecified atom stereocenters. The molecule has 0 aliphatic rings. The number of rotatable bonds is 2. The summed E-state index contributed by atoms with van der Waals surface area (Å²) in [6.45, 7) is 5.58. The van der Waals surface area contributed by atoms with Gasteiger partial charge in [-0.3, -0.25) is 20.4 Å². The van der Waals surface area contributed by atoms with E-state index in [1.807, 2.05) is 45.0 Å². The predicted octanol–water partition coefficient (Wildman–Crippen LogP) is 3.17. The minimum atomic E-state index is -0.383. The molecular formula is C19H17N5O2S. The average Bonchev–Trinajstić information content (AvgIpc) is 3.21. The first-order valence-corrected chi connectivity index (χ1v) is 9.18. The molecule has 1 aromatic carbocycles. The molecule has 7 nitrogen and oxygen atoms in total. The lowest BCUT2D eigenvalue weighted by Gasteiger charge is -2.06. The third-order valence-electron chi connectivity index (χ3n) is 4.41. The Morgan fingerprint density at radius 2 is 1.78 bits per heavy atom. The van der Waals surface area contributed by atoms with Crippen LogP contribution in [-0.4, -0.2) is 26.8 Å². The van der Waals surface area contributed by atoms with Crippen molar-refractivity contribution in [2.75, 3.05) is 0 Å². The molecule has 0 bridgehead atoms. The standard InChI is InChI=1S/C19H17N5O2S/c1-9-15-10(2)21-11(3)22-19(15)27-16(9)18(26)24-23-17(25)13-8-20-14-7-5-4-6-12(13)14/h4-8,20H,1-3H3,(H,23,25)(H,24,26). The van der Waals surface area contributed by atoms with Crippen molar-refractivity contribution in [1.29, 1.82) is 0 Å². The molecule has 0 saturated carbocycles. The molecule has 0 aliphatic heterocycles. The molecule has 136 valence electrons.